The Morgan fingerprint density at radius 3 is 2.95 bits per heavy atom. The average molecular weight is 282 g/mol. The van der Waals surface area contributed by atoms with Gasteiger partial charge in [-0.3, -0.25) is 0 Å². The largest absolute Gasteiger partial charge is 0.367 e. The monoisotopic (exact) mass is 282 g/mol. The zero-order chi connectivity index (χ0) is 14.7. The van der Waals surface area contributed by atoms with Crippen molar-refractivity contribution >= 4 is 5.69 Å². The first-order valence-corrected chi connectivity index (χ1v) is 8.57. The van der Waals surface area contributed by atoms with Gasteiger partial charge < -0.3 is 4.90 Å². The van der Waals surface area contributed by atoms with Gasteiger partial charge in [-0.25, -0.2) is 0 Å². The molecular formula is C19H26N2. The van der Waals surface area contributed by atoms with Crippen LogP contribution in [-0.4, -0.2) is 12.6 Å². The number of rotatable bonds is 3. The summed E-state index contributed by atoms with van der Waals surface area (Å²) < 4.78 is 0. The molecule has 0 bridgehead atoms. The van der Waals surface area contributed by atoms with Crippen molar-refractivity contribution in [1.29, 1.82) is 5.26 Å². The van der Waals surface area contributed by atoms with E-state index in [4.69, 9.17) is 0 Å². The van der Waals surface area contributed by atoms with Gasteiger partial charge in [0.2, 0.25) is 0 Å². The summed E-state index contributed by atoms with van der Waals surface area (Å²) in [5.74, 6) is 1.03. The Balaban J connectivity index is 1.85. The van der Waals surface area contributed by atoms with Gasteiger partial charge in [-0.2, -0.15) is 5.26 Å². The van der Waals surface area contributed by atoms with Crippen LogP contribution < -0.4 is 4.90 Å². The summed E-state index contributed by atoms with van der Waals surface area (Å²) in [5, 5.41) is 9.58. The number of nitriles is 1. The highest BCUT2D eigenvalue weighted by Gasteiger charge is 2.35. The summed E-state index contributed by atoms with van der Waals surface area (Å²) in [7, 11) is 0. The van der Waals surface area contributed by atoms with E-state index < -0.39 is 0 Å². The summed E-state index contributed by atoms with van der Waals surface area (Å²) in [6.45, 7) is 3.40. The van der Waals surface area contributed by atoms with Crippen LogP contribution in [0.1, 0.15) is 51.0 Å². The van der Waals surface area contributed by atoms with Gasteiger partial charge in [0.05, 0.1) is 12.0 Å². The Bertz CT molecular complexity index is 517. The summed E-state index contributed by atoms with van der Waals surface area (Å²) in [4.78, 5) is 2.56. The van der Waals surface area contributed by atoms with E-state index >= 15 is 0 Å². The number of para-hydroxylation sites is 1. The average Bonchev–Trinajstić information content (AvgIpc) is 2.54. The molecule has 3 unspecified atom stereocenters. The number of hydrogen-bond acceptors (Lipinski definition) is 2. The lowest BCUT2D eigenvalue weighted by molar-refractivity contribution is 0.251. The Morgan fingerprint density at radius 1 is 1.29 bits per heavy atom. The van der Waals surface area contributed by atoms with Crippen LogP contribution in [0, 0.1) is 23.2 Å². The second kappa shape index (κ2) is 6.52. The minimum atomic E-state index is 0.212. The highest BCUT2D eigenvalue weighted by Crippen LogP contribution is 2.39. The number of aryl methyl sites for hydroxylation is 1. The van der Waals surface area contributed by atoms with E-state index in [0.29, 0.717) is 6.04 Å². The molecule has 0 N–H and O–H groups in total. The van der Waals surface area contributed by atoms with E-state index in [2.05, 4.69) is 42.2 Å². The SMILES string of the molecule is CCCC1CCC(C#N)C(N2CCCc3ccccc32)C1. The van der Waals surface area contributed by atoms with Crippen LogP contribution in [0.25, 0.3) is 0 Å². The number of nitrogens with zero attached hydrogens (tertiary/aromatic N) is 2. The van der Waals surface area contributed by atoms with Gasteiger partial charge in [-0.1, -0.05) is 38.0 Å². The molecule has 21 heavy (non-hydrogen) atoms. The molecule has 3 rings (SSSR count). The summed E-state index contributed by atoms with van der Waals surface area (Å²) in [5.41, 5.74) is 2.87. The number of benzene rings is 1. The van der Waals surface area contributed by atoms with Crippen molar-refractivity contribution in [2.24, 2.45) is 11.8 Å². The van der Waals surface area contributed by atoms with Crippen LogP contribution in [0.15, 0.2) is 24.3 Å². The van der Waals surface area contributed by atoms with Gasteiger partial charge in [-0.05, 0) is 49.7 Å². The minimum absolute atomic E-state index is 0.212. The molecule has 2 nitrogen and oxygen atoms in total. The maximum absolute atomic E-state index is 9.58. The second-order valence-corrected chi connectivity index (χ2v) is 6.70. The van der Waals surface area contributed by atoms with E-state index in [9.17, 15) is 5.26 Å². The van der Waals surface area contributed by atoms with Gasteiger partial charge in [-0.15, -0.1) is 0 Å². The molecule has 2 heteroatoms. The Kier molecular flexibility index (Phi) is 4.48. The number of fused-ring (bicyclic) bond motifs is 1. The number of anilines is 1. The molecule has 1 aliphatic carbocycles. The van der Waals surface area contributed by atoms with Crippen LogP contribution in [0.2, 0.25) is 0 Å². The van der Waals surface area contributed by atoms with E-state index in [1.54, 1.807) is 0 Å². The van der Waals surface area contributed by atoms with Gasteiger partial charge in [0.25, 0.3) is 0 Å². The molecule has 112 valence electrons. The Labute approximate surface area is 128 Å². The predicted octanol–water partition coefficient (Wildman–Crippen LogP) is 4.55. The highest BCUT2D eigenvalue weighted by atomic mass is 15.2. The van der Waals surface area contributed by atoms with Crippen molar-refractivity contribution in [3.63, 3.8) is 0 Å². The van der Waals surface area contributed by atoms with E-state index in [-0.39, 0.29) is 5.92 Å². The third-order valence-corrected chi connectivity index (χ3v) is 5.33. The summed E-state index contributed by atoms with van der Waals surface area (Å²) in [6.07, 6.45) is 8.55. The molecule has 0 spiro atoms. The molecule has 1 fully saturated rings. The first-order valence-electron chi connectivity index (χ1n) is 8.57. The molecule has 3 atom stereocenters. The molecule has 0 saturated heterocycles. The Hall–Kier alpha value is -1.49. The van der Waals surface area contributed by atoms with Crippen LogP contribution in [0.4, 0.5) is 5.69 Å². The molecular weight excluding hydrogens is 256 g/mol. The lowest BCUT2D eigenvalue weighted by Gasteiger charge is -2.44. The summed E-state index contributed by atoms with van der Waals surface area (Å²) in [6, 6.07) is 11.8. The van der Waals surface area contributed by atoms with Crippen LogP contribution in [0.3, 0.4) is 0 Å². The molecule has 2 aliphatic rings. The van der Waals surface area contributed by atoms with Gasteiger partial charge in [0.15, 0.2) is 0 Å². The summed E-state index contributed by atoms with van der Waals surface area (Å²) >= 11 is 0. The Morgan fingerprint density at radius 2 is 2.14 bits per heavy atom. The lowest BCUT2D eigenvalue weighted by Crippen LogP contribution is -2.46. The second-order valence-electron chi connectivity index (χ2n) is 6.70. The molecule has 1 saturated carbocycles. The van der Waals surface area contributed by atoms with Crippen molar-refractivity contribution in [2.75, 3.05) is 11.4 Å². The molecule has 1 aromatic carbocycles. The fourth-order valence-electron chi connectivity index (χ4n) is 4.30. The van der Waals surface area contributed by atoms with Crippen LogP contribution in [0.5, 0.6) is 0 Å². The van der Waals surface area contributed by atoms with Crippen molar-refractivity contribution in [1.82, 2.24) is 0 Å². The standard InChI is InChI=1S/C19H26N2/c1-2-6-15-10-11-17(14-20)19(13-15)21-12-5-8-16-7-3-4-9-18(16)21/h3-4,7,9,15,17,19H,2,5-6,8,10-13H2,1H3. The fraction of sp³-hybridized carbons (Fsp3) is 0.632. The normalized spacial score (nSPS) is 28.8. The predicted molar refractivity (Wildman–Crippen MR) is 87.2 cm³/mol. The van der Waals surface area contributed by atoms with E-state index in [1.165, 1.54) is 49.8 Å². The smallest absolute Gasteiger partial charge is 0.0677 e. The van der Waals surface area contributed by atoms with Crippen molar-refractivity contribution in [3.8, 4) is 6.07 Å². The van der Waals surface area contributed by atoms with Gasteiger partial charge >= 0.3 is 0 Å². The molecule has 1 aromatic rings. The molecule has 0 amide bonds. The topological polar surface area (TPSA) is 27.0 Å². The zero-order valence-corrected chi connectivity index (χ0v) is 13.1. The molecule has 1 heterocycles. The number of hydrogen-bond donors (Lipinski definition) is 0. The molecule has 1 aliphatic heterocycles. The minimum Gasteiger partial charge on any atom is -0.367 e. The third kappa shape index (κ3) is 2.93. The first kappa shape index (κ1) is 14.4. The highest BCUT2D eigenvalue weighted by molar-refractivity contribution is 5.56. The lowest BCUT2D eigenvalue weighted by atomic mass is 9.76. The first-order chi connectivity index (χ1) is 10.3. The van der Waals surface area contributed by atoms with Crippen molar-refractivity contribution in [2.45, 2.75) is 57.9 Å². The fourth-order valence-corrected chi connectivity index (χ4v) is 4.30. The molecule has 0 aromatic heterocycles. The van der Waals surface area contributed by atoms with Gasteiger partial charge in [0.1, 0.15) is 0 Å². The van der Waals surface area contributed by atoms with Crippen molar-refractivity contribution in [3.05, 3.63) is 29.8 Å². The van der Waals surface area contributed by atoms with E-state index in [0.717, 1.165) is 18.9 Å². The maximum atomic E-state index is 9.58. The van der Waals surface area contributed by atoms with Crippen LogP contribution >= 0.6 is 0 Å². The maximum Gasteiger partial charge on any atom is 0.0677 e. The van der Waals surface area contributed by atoms with E-state index in [1.807, 2.05) is 0 Å². The van der Waals surface area contributed by atoms with Crippen molar-refractivity contribution < 1.29 is 0 Å². The third-order valence-electron chi connectivity index (χ3n) is 5.33. The van der Waals surface area contributed by atoms with Gasteiger partial charge in [0, 0.05) is 18.3 Å². The van der Waals surface area contributed by atoms with Crippen LogP contribution in [-0.2, 0) is 6.42 Å². The molecule has 0 radical (unpaired) electrons. The zero-order valence-electron chi connectivity index (χ0n) is 13.1. The quantitative estimate of drug-likeness (QED) is 0.813.